The van der Waals surface area contributed by atoms with Gasteiger partial charge < -0.3 is 14.5 Å². The van der Waals surface area contributed by atoms with Crippen LogP contribution < -0.4 is 4.90 Å². The first kappa shape index (κ1) is 15.0. The quantitative estimate of drug-likeness (QED) is 0.766. The van der Waals surface area contributed by atoms with Gasteiger partial charge in [-0.15, -0.1) is 10.2 Å². The highest BCUT2D eigenvalue weighted by Crippen LogP contribution is 2.19. The molecule has 0 bridgehead atoms. The molecule has 2 saturated heterocycles. The van der Waals surface area contributed by atoms with Crippen LogP contribution in [0.25, 0.3) is 5.82 Å². The highest BCUT2D eigenvalue weighted by molar-refractivity contribution is 5.79. The Morgan fingerprint density at radius 3 is 2.54 bits per heavy atom. The first-order valence-corrected chi connectivity index (χ1v) is 8.11. The monoisotopic (exact) mass is 329 g/mol. The molecule has 0 N–H and O–H groups in total. The van der Waals surface area contributed by atoms with E-state index in [1.54, 1.807) is 11.0 Å². The number of nitrogens with zero attached hydrogens (tertiary/aromatic N) is 7. The molecule has 1 atom stereocenters. The summed E-state index contributed by atoms with van der Waals surface area (Å²) >= 11 is 0. The maximum absolute atomic E-state index is 12.4. The summed E-state index contributed by atoms with van der Waals surface area (Å²) in [5.41, 5.74) is 0. The standard InChI is InChI=1S/C15H19N7O2/c23-15(12-3-8-24-9-12)21-6-4-20(5-7-21)13-1-2-14(19-18-13)22-11-16-10-17-22/h1-2,10-12H,3-9H2/t12-/m1/s1. The Kier molecular flexibility index (Phi) is 4.08. The van der Waals surface area contributed by atoms with E-state index in [2.05, 4.69) is 25.2 Å². The van der Waals surface area contributed by atoms with Crippen LogP contribution in [0.4, 0.5) is 5.82 Å². The van der Waals surface area contributed by atoms with Crippen molar-refractivity contribution in [2.75, 3.05) is 44.3 Å². The van der Waals surface area contributed by atoms with Crippen molar-refractivity contribution in [1.82, 2.24) is 29.9 Å². The number of carbonyl (C=O) groups is 1. The Balaban J connectivity index is 1.36. The smallest absolute Gasteiger partial charge is 0.228 e. The molecule has 2 aliphatic heterocycles. The summed E-state index contributed by atoms with van der Waals surface area (Å²) in [6.07, 6.45) is 3.89. The molecule has 24 heavy (non-hydrogen) atoms. The van der Waals surface area contributed by atoms with E-state index < -0.39 is 0 Å². The van der Waals surface area contributed by atoms with Crippen LogP contribution in [0.2, 0.25) is 0 Å². The van der Waals surface area contributed by atoms with E-state index in [4.69, 9.17) is 4.74 Å². The zero-order chi connectivity index (χ0) is 16.4. The summed E-state index contributed by atoms with van der Waals surface area (Å²) in [6.45, 7) is 4.20. The van der Waals surface area contributed by atoms with Crippen LogP contribution in [0.15, 0.2) is 24.8 Å². The molecule has 0 saturated carbocycles. The van der Waals surface area contributed by atoms with E-state index in [-0.39, 0.29) is 11.8 Å². The summed E-state index contributed by atoms with van der Waals surface area (Å²) in [4.78, 5) is 20.4. The van der Waals surface area contributed by atoms with Crippen molar-refractivity contribution < 1.29 is 9.53 Å². The largest absolute Gasteiger partial charge is 0.381 e. The van der Waals surface area contributed by atoms with E-state index in [0.717, 1.165) is 25.3 Å². The van der Waals surface area contributed by atoms with Crippen LogP contribution in [0, 0.1) is 5.92 Å². The Bertz CT molecular complexity index is 674. The molecule has 4 rings (SSSR count). The fourth-order valence-corrected chi connectivity index (χ4v) is 3.08. The van der Waals surface area contributed by atoms with Crippen LogP contribution in [0.1, 0.15) is 6.42 Å². The summed E-state index contributed by atoms with van der Waals surface area (Å²) in [5.74, 6) is 1.71. The van der Waals surface area contributed by atoms with Gasteiger partial charge in [0.25, 0.3) is 0 Å². The molecule has 0 spiro atoms. The van der Waals surface area contributed by atoms with Crippen molar-refractivity contribution >= 4 is 11.7 Å². The maximum Gasteiger partial charge on any atom is 0.228 e. The third-order valence-corrected chi connectivity index (χ3v) is 4.48. The first-order valence-electron chi connectivity index (χ1n) is 8.11. The van der Waals surface area contributed by atoms with Gasteiger partial charge >= 0.3 is 0 Å². The highest BCUT2D eigenvalue weighted by Gasteiger charge is 2.30. The predicted octanol–water partition coefficient (Wildman–Crippen LogP) is -0.258. The Morgan fingerprint density at radius 1 is 1.12 bits per heavy atom. The van der Waals surface area contributed by atoms with Crippen LogP contribution >= 0.6 is 0 Å². The predicted molar refractivity (Wildman–Crippen MR) is 84.7 cm³/mol. The maximum atomic E-state index is 12.4. The minimum absolute atomic E-state index is 0.0401. The van der Waals surface area contributed by atoms with Gasteiger partial charge in [-0.05, 0) is 18.6 Å². The molecular formula is C15H19N7O2. The number of hydrogen-bond acceptors (Lipinski definition) is 7. The van der Waals surface area contributed by atoms with Crippen molar-refractivity contribution in [3.05, 3.63) is 24.8 Å². The molecule has 126 valence electrons. The normalized spacial score (nSPS) is 21.2. The van der Waals surface area contributed by atoms with Crippen molar-refractivity contribution in [1.29, 1.82) is 0 Å². The lowest BCUT2D eigenvalue weighted by Crippen LogP contribution is -2.50. The van der Waals surface area contributed by atoms with E-state index >= 15 is 0 Å². The second-order valence-electron chi connectivity index (χ2n) is 5.96. The number of ether oxygens (including phenoxy) is 1. The van der Waals surface area contributed by atoms with Crippen LogP contribution in [-0.4, -0.2) is 75.2 Å². The summed E-state index contributed by atoms with van der Waals surface area (Å²) in [5, 5.41) is 12.5. The molecule has 4 heterocycles. The van der Waals surface area contributed by atoms with Crippen molar-refractivity contribution in [2.45, 2.75) is 6.42 Å². The number of piperazine rings is 1. The molecule has 2 aromatic heterocycles. The van der Waals surface area contributed by atoms with E-state index in [1.165, 1.54) is 6.33 Å². The second kappa shape index (κ2) is 6.52. The minimum Gasteiger partial charge on any atom is -0.381 e. The molecule has 9 nitrogen and oxygen atoms in total. The molecule has 9 heteroatoms. The average molecular weight is 329 g/mol. The molecule has 0 aliphatic carbocycles. The number of amides is 1. The number of hydrogen-bond donors (Lipinski definition) is 0. The third-order valence-electron chi connectivity index (χ3n) is 4.48. The Labute approximate surface area is 139 Å². The van der Waals surface area contributed by atoms with Gasteiger partial charge in [0.15, 0.2) is 11.6 Å². The van der Waals surface area contributed by atoms with Gasteiger partial charge in [-0.2, -0.15) is 5.10 Å². The Morgan fingerprint density at radius 2 is 1.92 bits per heavy atom. The molecule has 0 radical (unpaired) electrons. The molecule has 0 unspecified atom stereocenters. The SMILES string of the molecule is O=C([C@@H]1CCOC1)N1CCN(c2ccc(-n3cncn3)nn2)CC1. The average Bonchev–Trinajstić information content (AvgIpc) is 3.35. The third kappa shape index (κ3) is 2.94. The van der Waals surface area contributed by atoms with Gasteiger partial charge in [-0.1, -0.05) is 0 Å². The topological polar surface area (TPSA) is 89.3 Å². The fourth-order valence-electron chi connectivity index (χ4n) is 3.08. The highest BCUT2D eigenvalue weighted by atomic mass is 16.5. The molecular weight excluding hydrogens is 310 g/mol. The van der Waals surface area contributed by atoms with Gasteiger partial charge in [0, 0.05) is 32.8 Å². The first-order chi connectivity index (χ1) is 11.8. The van der Waals surface area contributed by atoms with Crippen molar-refractivity contribution in [3.8, 4) is 5.82 Å². The zero-order valence-electron chi connectivity index (χ0n) is 13.3. The van der Waals surface area contributed by atoms with Crippen LogP contribution in [0.5, 0.6) is 0 Å². The van der Waals surface area contributed by atoms with Crippen molar-refractivity contribution in [3.63, 3.8) is 0 Å². The zero-order valence-corrected chi connectivity index (χ0v) is 13.3. The van der Waals surface area contributed by atoms with Gasteiger partial charge in [-0.3, -0.25) is 4.79 Å². The van der Waals surface area contributed by atoms with Crippen LogP contribution in [0.3, 0.4) is 0 Å². The van der Waals surface area contributed by atoms with Gasteiger partial charge in [-0.25, -0.2) is 9.67 Å². The number of carbonyl (C=O) groups excluding carboxylic acids is 1. The van der Waals surface area contributed by atoms with Gasteiger partial charge in [0.2, 0.25) is 5.91 Å². The number of rotatable bonds is 3. The molecule has 1 amide bonds. The summed E-state index contributed by atoms with van der Waals surface area (Å²) in [6, 6.07) is 3.79. The lowest BCUT2D eigenvalue weighted by Gasteiger charge is -2.36. The fraction of sp³-hybridized carbons (Fsp3) is 0.533. The summed E-state index contributed by atoms with van der Waals surface area (Å²) in [7, 11) is 0. The molecule has 0 aromatic carbocycles. The number of aromatic nitrogens is 5. The van der Waals surface area contributed by atoms with Gasteiger partial charge in [0.1, 0.15) is 12.7 Å². The second-order valence-corrected chi connectivity index (χ2v) is 5.96. The van der Waals surface area contributed by atoms with Gasteiger partial charge in [0.05, 0.1) is 12.5 Å². The molecule has 2 aliphatic rings. The lowest BCUT2D eigenvalue weighted by atomic mass is 10.1. The van der Waals surface area contributed by atoms with E-state index in [9.17, 15) is 4.79 Å². The van der Waals surface area contributed by atoms with E-state index in [1.807, 2.05) is 17.0 Å². The lowest BCUT2D eigenvalue weighted by molar-refractivity contribution is -0.135. The van der Waals surface area contributed by atoms with Crippen molar-refractivity contribution in [2.24, 2.45) is 5.92 Å². The molecule has 2 fully saturated rings. The molecule has 2 aromatic rings. The number of anilines is 1. The van der Waals surface area contributed by atoms with E-state index in [0.29, 0.717) is 32.1 Å². The minimum atomic E-state index is 0.0401. The summed E-state index contributed by atoms with van der Waals surface area (Å²) < 4.78 is 6.88. The van der Waals surface area contributed by atoms with Crippen LogP contribution in [-0.2, 0) is 9.53 Å². The Hall–Kier alpha value is -2.55.